The maximum absolute atomic E-state index is 12.7. The zero-order valence-corrected chi connectivity index (χ0v) is 18.5. The highest BCUT2D eigenvalue weighted by atomic mass is 35.5. The SMILES string of the molecule is CCOc1ccc(C(=O)Nc2cc(C)n(Cc3ccc(Cl)c(Cl)c3)n2)cc1OCC. The van der Waals surface area contributed by atoms with Crippen LogP contribution in [-0.2, 0) is 6.54 Å². The average molecular weight is 448 g/mol. The van der Waals surface area contributed by atoms with E-state index < -0.39 is 0 Å². The molecule has 1 heterocycles. The number of nitrogens with zero attached hydrogens (tertiary/aromatic N) is 2. The predicted octanol–water partition coefficient (Wildman–Crippen LogP) is 5.60. The summed E-state index contributed by atoms with van der Waals surface area (Å²) in [6.07, 6.45) is 0. The van der Waals surface area contributed by atoms with Crippen molar-refractivity contribution in [2.75, 3.05) is 18.5 Å². The molecule has 30 heavy (non-hydrogen) atoms. The fourth-order valence-corrected chi connectivity index (χ4v) is 3.24. The number of halogens is 2. The fraction of sp³-hybridized carbons (Fsp3) is 0.273. The molecule has 0 saturated carbocycles. The number of nitrogens with one attached hydrogen (secondary N) is 1. The van der Waals surface area contributed by atoms with Crippen LogP contribution in [0.3, 0.4) is 0 Å². The lowest BCUT2D eigenvalue weighted by molar-refractivity contribution is 0.102. The number of anilines is 1. The molecule has 0 atom stereocenters. The van der Waals surface area contributed by atoms with Gasteiger partial charge in [0.2, 0.25) is 0 Å². The largest absolute Gasteiger partial charge is 0.490 e. The highest BCUT2D eigenvalue weighted by molar-refractivity contribution is 6.42. The molecule has 3 rings (SSSR count). The number of aryl methyl sites for hydroxylation is 1. The number of rotatable bonds is 8. The Balaban J connectivity index is 1.75. The highest BCUT2D eigenvalue weighted by Gasteiger charge is 2.14. The Morgan fingerprint density at radius 1 is 1.00 bits per heavy atom. The van der Waals surface area contributed by atoms with Crippen molar-refractivity contribution in [2.24, 2.45) is 0 Å². The Morgan fingerprint density at radius 3 is 2.43 bits per heavy atom. The summed E-state index contributed by atoms with van der Waals surface area (Å²) in [5, 5.41) is 8.31. The molecule has 0 unspecified atom stereocenters. The first kappa shape index (κ1) is 22.0. The molecule has 0 fully saturated rings. The number of carbonyl (C=O) groups is 1. The fourth-order valence-electron chi connectivity index (χ4n) is 2.92. The van der Waals surface area contributed by atoms with E-state index in [0.717, 1.165) is 11.3 Å². The molecule has 0 saturated heterocycles. The summed E-state index contributed by atoms with van der Waals surface area (Å²) < 4.78 is 12.9. The Bertz CT molecular complexity index is 1050. The molecule has 1 aromatic heterocycles. The molecule has 0 aliphatic rings. The lowest BCUT2D eigenvalue weighted by atomic mass is 10.2. The Hall–Kier alpha value is -2.70. The van der Waals surface area contributed by atoms with Gasteiger partial charge in [0.1, 0.15) is 0 Å². The number of benzene rings is 2. The third kappa shape index (κ3) is 5.26. The highest BCUT2D eigenvalue weighted by Crippen LogP contribution is 2.29. The van der Waals surface area contributed by atoms with Crippen LogP contribution < -0.4 is 14.8 Å². The van der Waals surface area contributed by atoms with E-state index in [1.54, 1.807) is 35.0 Å². The average Bonchev–Trinajstić information content (AvgIpc) is 3.05. The zero-order valence-electron chi connectivity index (χ0n) is 17.0. The van der Waals surface area contributed by atoms with E-state index in [1.165, 1.54) is 0 Å². The number of aromatic nitrogens is 2. The molecule has 0 aliphatic heterocycles. The molecule has 8 heteroatoms. The van der Waals surface area contributed by atoms with E-state index in [0.29, 0.717) is 52.7 Å². The molecule has 2 aromatic carbocycles. The molecular weight excluding hydrogens is 425 g/mol. The minimum atomic E-state index is -0.279. The van der Waals surface area contributed by atoms with Gasteiger partial charge in [-0.3, -0.25) is 9.48 Å². The molecular formula is C22H23Cl2N3O3. The quantitative estimate of drug-likeness (QED) is 0.488. The first-order valence-corrected chi connectivity index (χ1v) is 10.4. The number of hydrogen-bond acceptors (Lipinski definition) is 4. The normalized spacial score (nSPS) is 10.7. The van der Waals surface area contributed by atoms with Gasteiger partial charge in [-0.25, -0.2) is 0 Å². The number of carbonyl (C=O) groups excluding carboxylic acids is 1. The van der Waals surface area contributed by atoms with E-state index in [-0.39, 0.29) is 5.91 Å². The number of ether oxygens (including phenoxy) is 2. The summed E-state index contributed by atoms with van der Waals surface area (Å²) in [5.41, 5.74) is 2.32. The van der Waals surface area contributed by atoms with Crippen molar-refractivity contribution in [3.8, 4) is 11.5 Å². The van der Waals surface area contributed by atoms with Gasteiger partial charge in [-0.2, -0.15) is 5.10 Å². The van der Waals surface area contributed by atoms with Crippen molar-refractivity contribution in [3.05, 3.63) is 69.3 Å². The summed E-state index contributed by atoms with van der Waals surface area (Å²) in [6.45, 7) is 7.20. The minimum Gasteiger partial charge on any atom is -0.490 e. The first-order valence-electron chi connectivity index (χ1n) is 9.60. The predicted molar refractivity (Wildman–Crippen MR) is 119 cm³/mol. The van der Waals surface area contributed by atoms with Crippen molar-refractivity contribution < 1.29 is 14.3 Å². The van der Waals surface area contributed by atoms with Gasteiger partial charge in [0, 0.05) is 17.3 Å². The second-order valence-electron chi connectivity index (χ2n) is 6.56. The van der Waals surface area contributed by atoms with Crippen molar-refractivity contribution in [3.63, 3.8) is 0 Å². The topological polar surface area (TPSA) is 65.4 Å². The first-order chi connectivity index (χ1) is 14.4. The van der Waals surface area contributed by atoms with Crippen LogP contribution >= 0.6 is 23.2 Å². The van der Waals surface area contributed by atoms with Gasteiger partial charge in [0.15, 0.2) is 17.3 Å². The summed E-state index contributed by atoms with van der Waals surface area (Å²) in [5.74, 6) is 1.33. The van der Waals surface area contributed by atoms with Crippen molar-refractivity contribution >= 4 is 34.9 Å². The molecule has 0 spiro atoms. The molecule has 1 N–H and O–H groups in total. The second kappa shape index (κ2) is 9.87. The van der Waals surface area contributed by atoms with Crippen LogP contribution in [0.25, 0.3) is 0 Å². The Kier molecular flexibility index (Phi) is 7.24. The standard InChI is InChI=1S/C22H23Cl2N3O3/c1-4-29-19-9-7-16(12-20(19)30-5-2)22(28)25-21-10-14(3)27(26-21)13-15-6-8-17(23)18(24)11-15/h6-12H,4-5,13H2,1-3H3,(H,25,26,28). The van der Waals surface area contributed by atoms with Crippen LogP contribution in [0.1, 0.15) is 35.5 Å². The van der Waals surface area contributed by atoms with Crippen LogP contribution in [-0.4, -0.2) is 28.9 Å². The Morgan fingerprint density at radius 2 is 1.73 bits per heavy atom. The lowest BCUT2D eigenvalue weighted by Crippen LogP contribution is -2.13. The van der Waals surface area contributed by atoms with Gasteiger partial charge in [0.25, 0.3) is 5.91 Å². The van der Waals surface area contributed by atoms with E-state index in [9.17, 15) is 4.79 Å². The van der Waals surface area contributed by atoms with E-state index >= 15 is 0 Å². The summed E-state index contributed by atoms with van der Waals surface area (Å²) in [6, 6.07) is 12.4. The van der Waals surface area contributed by atoms with Crippen molar-refractivity contribution in [2.45, 2.75) is 27.3 Å². The smallest absolute Gasteiger partial charge is 0.257 e. The molecule has 158 valence electrons. The van der Waals surface area contributed by atoms with Gasteiger partial charge in [-0.05, 0) is 56.7 Å². The second-order valence-corrected chi connectivity index (χ2v) is 7.37. The van der Waals surface area contributed by atoms with Crippen LogP contribution in [0.5, 0.6) is 11.5 Å². The van der Waals surface area contributed by atoms with E-state index in [1.807, 2.05) is 32.9 Å². The maximum Gasteiger partial charge on any atom is 0.257 e. The molecule has 0 aliphatic carbocycles. The van der Waals surface area contributed by atoms with Gasteiger partial charge in [-0.15, -0.1) is 0 Å². The van der Waals surface area contributed by atoms with Gasteiger partial charge >= 0.3 is 0 Å². The van der Waals surface area contributed by atoms with Crippen molar-refractivity contribution in [1.82, 2.24) is 9.78 Å². The number of amides is 1. The monoisotopic (exact) mass is 447 g/mol. The van der Waals surface area contributed by atoms with Crippen LogP contribution in [0.15, 0.2) is 42.5 Å². The van der Waals surface area contributed by atoms with Crippen LogP contribution in [0.4, 0.5) is 5.82 Å². The Labute approximate surface area is 185 Å². The van der Waals surface area contributed by atoms with Gasteiger partial charge in [-0.1, -0.05) is 29.3 Å². The van der Waals surface area contributed by atoms with Crippen LogP contribution in [0.2, 0.25) is 10.0 Å². The molecule has 6 nitrogen and oxygen atoms in total. The minimum absolute atomic E-state index is 0.279. The molecule has 0 radical (unpaired) electrons. The summed E-state index contributed by atoms with van der Waals surface area (Å²) >= 11 is 12.1. The van der Waals surface area contributed by atoms with Crippen LogP contribution in [0, 0.1) is 6.92 Å². The van der Waals surface area contributed by atoms with Crippen molar-refractivity contribution in [1.29, 1.82) is 0 Å². The molecule has 1 amide bonds. The molecule has 0 bridgehead atoms. The summed E-state index contributed by atoms with van der Waals surface area (Å²) in [4.78, 5) is 12.7. The van der Waals surface area contributed by atoms with Gasteiger partial charge in [0.05, 0.1) is 29.8 Å². The third-order valence-electron chi connectivity index (χ3n) is 4.34. The third-order valence-corrected chi connectivity index (χ3v) is 5.08. The van der Waals surface area contributed by atoms with E-state index in [2.05, 4.69) is 10.4 Å². The van der Waals surface area contributed by atoms with E-state index in [4.69, 9.17) is 32.7 Å². The zero-order chi connectivity index (χ0) is 21.7. The summed E-state index contributed by atoms with van der Waals surface area (Å²) in [7, 11) is 0. The lowest BCUT2D eigenvalue weighted by Gasteiger charge is -2.12. The number of hydrogen-bond donors (Lipinski definition) is 1. The molecule has 3 aromatic rings. The maximum atomic E-state index is 12.7. The van der Waals surface area contributed by atoms with Gasteiger partial charge < -0.3 is 14.8 Å².